The molecule has 0 amide bonds. The fourth-order valence-corrected chi connectivity index (χ4v) is 1.95. The van der Waals surface area contributed by atoms with Crippen LogP contribution in [0.4, 0.5) is 0 Å². The molecule has 0 aliphatic heterocycles. The van der Waals surface area contributed by atoms with E-state index in [1.165, 1.54) is 0 Å². The van der Waals surface area contributed by atoms with E-state index in [2.05, 4.69) is 18.7 Å². The van der Waals surface area contributed by atoms with Gasteiger partial charge in [0.1, 0.15) is 11.5 Å². The Morgan fingerprint density at radius 3 is 2.65 bits per heavy atom. The van der Waals surface area contributed by atoms with E-state index in [1.807, 2.05) is 12.1 Å². The standard InChI is InChI=1S/C13H24N2O2/c1-4-11-6-7-13(17-11)12(10-14)15(5-2)8-9-16-3/h6-7,12H,4-5,8-10,14H2,1-3H3. The van der Waals surface area contributed by atoms with Crippen LogP contribution in [-0.4, -0.2) is 38.3 Å². The lowest BCUT2D eigenvalue weighted by Crippen LogP contribution is -2.35. The minimum Gasteiger partial charge on any atom is -0.464 e. The molecular formula is C13H24N2O2. The van der Waals surface area contributed by atoms with Crippen LogP contribution in [0.15, 0.2) is 16.5 Å². The number of nitrogens with two attached hydrogens (primary N) is 1. The SMILES string of the molecule is CCc1ccc(C(CN)N(CC)CCOC)o1. The van der Waals surface area contributed by atoms with Crippen molar-refractivity contribution in [1.29, 1.82) is 0 Å². The lowest BCUT2D eigenvalue weighted by Gasteiger charge is -2.27. The molecule has 1 heterocycles. The summed E-state index contributed by atoms with van der Waals surface area (Å²) >= 11 is 0. The van der Waals surface area contributed by atoms with E-state index in [0.29, 0.717) is 13.2 Å². The minimum atomic E-state index is 0.149. The maximum atomic E-state index is 5.86. The predicted molar refractivity (Wildman–Crippen MR) is 69.0 cm³/mol. The van der Waals surface area contributed by atoms with Crippen LogP contribution in [0.1, 0.15) is 31.4 Å². The van der Waals surface area contributed by atoms with Crippen LogP contribution in [0.2, 0.25) is 0 Å². The Hall–Kier alpha value is -0.840. The molecular weight excluding hydrogens is 216 g/mol. The van der Waals surface area contributed by atoms with Crippen molar-refractivity contribution < 1.29 is 9.15 Å². The molecule has 4 heteroatoms. The smallest absolute Gasteiger partial charge is 0.122 e. The molecule has 98 valence electrons. The van der Waals surface area contributed by atoms with Gasteiger partial charge >= 0.3 is 0 Å². The van der Waals surface area contributed by atoms with Crippen molar-refractivity contribution in [2.75, 3.05) is 33.4 Å². The van der Waals surface area contributed by atoms with Crippen molar-refractivity contribution in [3.63, 3.8) is 0 Å². The van der Waals surface area contributed by atoms with E-state index in [1.54, 1.807) is 7.11 Å². The van der Waals surface area contributed by atoms with E-state index < -0.39 is 0 Å². The van der Waals surface area contributed by atoms with E-state index in [9.17, 15) is 0 Å². The van der Waals surface area contributed by atoms with E-state index in [0.717, 1.165) is 31.0 Å². The van der Waals surface area contributed by atoms with Gasteiger partial charge in [0.05, 0.1) is 12.6 Å². The molecule has 0 saturated carbocycles. The first-order chi connectivity index (χ1) is 8.26. The highest BCUT2D eigenvalue weighted by Crippen LogP contribution is 2.22. The summed E-state index contributed by atoms with van der Waals surface area (Å²) in [6, 6.07) is 4.21. The zero-order valence-electron chi connectivity index (χ0n) is 11.1. The summed E-state index contributed by atoms with van der Waals surface area (Å²) < 4.78 is 10.9. The molecule has 0 bridgehead atoms. The monoisotopic (exact) mass is 240 g/mol. The third-order valence-electron chi connectivity index (χ3n) is 3.01. The number of furan rings is 1. The molecule has 0 aliphatic carbocycles. The number of ether oxygens (including phenoxy) is 1. The third-order valence-corrected chi connectivity index (χ3v) is 3.01. The lowest BCUT2D eigenvalue weighted by molar-refractivity contribution is 0.117. The highest BCUT2D eigenvalue weighted by atomic mass is 16.5. The largest absolute Gasteiger partial charge is 0.464 e. The van der Waals surface area contributed by atoms with Gasteiger partial charge in [-0.15, -0.1) is 0 Å². The van der Waals surface area contributed by atoms with Crippen LogP contribution >= 0.6 is 0 Å². The number of nitrogens with zero attached hydrogens (tertiary/aromatic N) is 1. The molecule has 1 unspecified atom stereocenters. The predicted octanol–water partition coefficient (Wildman–Crippen LogP) is 1.81. The Labute approximate surface area is 104 Å². The Bertz CT molecular complexity index is 312. The van der Waals surface area contributed by atoms with E-state index in [-0.39, 0.29) is 6.04 Å². The topological polar surface area (TPSA) is 51.6 Å². The van der Waals surface area contributed by atoms with Gasteiger partial charge in [-0.25, -0.2) is 0 Å². The number of hydrogen-bond donors (Lipinski definition) is 1. The molecule has 0 spiro atoms. The highest BCUT2D eigenvalue weighted by molar-refractivity contribution is 5.11. The summed E-state index contributed by atoms with van der Waals surface area (Å²) in [4.78, 5) is 2.28. The van der Waals surface area contributed by atoms with Gasteiger partial charge in [-0.1, -0.05) is 13.8 Å². The third kappa shape index (κ3) is 3.84. The molecule has 1 aromatic heterocycles. The van der Waals surface area contributed by atoms with Crippen LogP contribution < -0.4 is 5.73 Å². The molecule has 1 atom stereocenters. The molecule has 0 saturated heterocycles. The molecule has 4 nitrogen and oxygen atoms in total. The van der Waals surface area contributed by atoms with Crippen molar-refractivity contribution in [3.05, 3.63) is 23.7 Å². The molecule has 0 radical (unpaired) electrons. The summed E-state index contributed by atoms with van der Waals surface area (Å²) in [6.45, 7) is 7.30. The highest BCUT2D eigenvalue weighted by Gasteiger charge is 2.20. The number of hydrogen-bond acceptors (Lipinski definition) is 4. The second-order valence-electron chi connectivity index (χ2n) is 4.03. The minimum absolute atomic E-state index is 0.149. The van der Waals surface area contributed by atoms with Gasteiger partial charge in [0, 0.05) is 26.6 Å². The molecule has 17 heavy (non-hydrogen) atoms. The molecule has 2 N–H and O–H groups in total. The normalized spacial score (nSPS) is 13.2. The molecule has 0 fully saturated rings. The van der Waals surface area contributed by atoms with Crippen LogP contribution in [0, 0.1) is 0 Å². The molecule has 0 aromatic carbocycles. The quantitative estimate of drug-likeness (QED) is 0.753. The van der Waals surface area contributed by atoms with Crippen molar-refractivity contribution in [3.8, 4) is 0 Å². The second kappa shape index (κ2) is 7.48. The van der Waals surface area contributed by atoms with Crippen molar-refractivity contribution in [1.82, 2.24) is 4.90 Å². The van der Waals surface area contributed by atoms with Gasteiger partial charge in [0.2, 0.25) is 0 Å². The van der Waals surface area contributed by atoms with Crippen molar-refractivity contribution >= 4 is 0 Å². The summed E-state index contributed by atoms with van der Waals surface area (Å²) in [5.74, 6) is 1.98. The van der Waals surface area contributed by atoms with E-state index >= 15 is 0 Å². The summed E-state index contributed by atoms with van der Waals surface area (Å²) in [7, 11) is 1.72. The Morgan fingerprint density at radius 2 is 2.18 bits per heavy atom. The fourth-order valence-electron chi connectivity index (χ4n) is 1.95. The summed E-state index contributed by atoms with van der Waals surface area (Å²) in [5, 5.41) is 0. The lowest BCUT2D eigenvalue weighted by atomic mass is 10.2. The van der Waals surface area contributed by atoms with Gasteiger partial charge < -0.3 is 14.9 Å². The summed E-state index contributed by atoms with van der Waals surface area (Å²) in [6.07, 6.45) is 0.918. The maximum Gasteiger partial charge on any atom is 0.122 e. The Kier molecular flexibility index (Phi) is 6.26. The number of methoxy groups -OCH3 is 1. The van der Waals surface area contributed by atoms with Crippen LogP contribution in [0.3, 0.4) is 0 Å². The van der Waals surface area contributed by atoms with Gasteiger partial charge in [0.15, 0.2) is 0 Å². The van der Waals surface area contributed by atoms with Gasteiger partial charge in [0.25, 0.3) is 0 Å². The number of rotatable bonds is 8. The van der Waals surface area contributed by atoms with Crippen molar-refractivity contribution in [2.45, 2.75) is 26.3 Å². The van der Waals surface area contributed by atoms with Gasteiger partial charge in [-0.3, -0.25) is 4.90 Å². The van der Waals surface area contributed by atoms with Gasteiger partial charge in [-0.05, 0) is 18.7 Å². The van der Waals surface area contributed by atoms with Crippen LogP contribution in [0.5, 0.6) is 0 Å². The number of aryl methyl sites for hydroxylation is 1. The van der Waals surface area contributed by atoms with Crippen LogP contribution in [-0.2, 0) is 11.2 Å². The molecule has 1 rings (SSSR count). The maximum absolute atomic E-state index is 5.86. The number of likely N-dealkylation sites (N-methyl/N-ethyl adjacent to an activating group) is 1. The Morgan fingerprint density at radius 1 is 1.41 bits per heavy atom. The average molecular weight is 240 g/mol. The van der Waals surface area contributed by atoms with E-state index in [4.69, 9.17) is 14.9 Å². The fraction of sp³-hybridized carbons (Fsp3) is 0.692. The average Bonchev–Trinajstić information content (AvgIpc) is 2.82. The molecule has 1 aromatic rings. The first-order valence-electron chi connectivity index (χ1n) is 6.28. The second-order valence-corrected chi connectivity index (χ2v) is 4.03. The zero-order chi connectivity index (χ0) is 12.7. The molecule has 0 aliphatic rings. The first kappa shape index (κ1) is 14.2. The Balaban J connectivity index is 2.73. The zero-order valence-corrected chi connectivity index (χ0v) is 11.1. The van der Waals surface area contributed by atoms with Crippen LogP contribution in [0.25, 0.3) is 0 Å². The van der Waals surface area contributed by atoms with Crippen molar-refractivity contribution in [2.24, 2.45) is 5.73 Å². The van der Waals surface area contributed by atoms with Gasteiger partial charge in [-0.2, -0.15) is 0 Å². The summed E-state index contributed by atoms with van der Waals surface area (Å²) in [5.41, 5.74) is 5.86. The first-order valence-corrected chi connectivity index (χ1v) is 6.28.